The molecule has 21 heavy (non-hydrogen) atoms. The number of amides is 1. The molecule has 2 N–H and O–H groups in total. The van der Waals surface area contributed by atoms with Crippen molar-refractivity contribution in [3.63, 3.8) is 0 Å². The number of carbonyl (C=O) groups is 1. The first-order valence-corrected chi connectivity index (χ1v) is 8.43. The molecule has 2 heterocycles. The maximum atomic E-state index is 12.1. The molecule has 1 aliphatic heterocycles. The number of sulfonamides is 1. The van der Waals surface area contributed by atoms with Crippen LogP contribution in [-0.2, 0) is 19.6 Å². The Morgan fingerprint density at radius 3 is 2.86 bits per heavy atom. The van der Waals surface area contributed by atoms with Crippen LogP contribution < -0.4 is 5.32 Å². The number of hydrogen-bond donors (Lipinski definition) is 2. The minimum absolute atomic E-state index is 0.0537. The molecule has 1 saturated heterocycles. The minimum Gasteiger partial charge on any atom is -0.379 e. The minimum atomic E-state index is -3.39. The van der Waals surface area contributed by atoms with Crippen molar-refractivity contribution < 1.29 is 17.9 Å². The summed E-state index contributed by atoms with van der Waals surface area (Å²) in [5.74, 6) is -0.475. The Morgan fingerprint density at radius 1 is 1.52 bits per heavy atom. The van der Waals surface area contributed by atoms with Gasteiger partial charge in [0, 0.05) is 31.3 Å². The van der Waals surface area contributed by atoms with Gasteiger partial charge >= 0.3 is 0 Å². The fourth-order valence-corrected chi connectivity index (χ4v) is 3.48. The van der Waals surface area contributed by atoms with Gasteiger partial charge in [-0.25, -0.2) is 8.42 Å². The van der Waals surface area contributed by atoms with Crippen molar-refractivity contribution in [3.05, 3.63) is 18.0 Å². The summed E-state index contributed by atoms with van der Waals surface area (Å²) in [6, 6.07) is -0.206. The van der Waals surface area contributed by atoms with Crippen molar-refractivity contribution in [2.75, 3.05) is 32.1 Å². The average Bonchev–Trinajstić information content (AvgIpc) is 3.00. The van der Waals surface area contributed by atoms with Gasteiger partial charge in [0.25, 0.3) is 0 Å². The van der Waals surface area contributed by atoms with Crippen LogP contribution in [0.5, 0.6) is 0 Å². The first-order chi connectivity index (χ1) is 9.99. The third kappa shape index (κ3) is 4.51. The van der Waals surface area contributed by atoms with E-state index in [0.717, 1.165) is 5.56 Å². The van der Waals surface area contributed by atoms with E-state index in [1.165, 1.54) is 4.31 Å². The molecule has 0 saturated carbocycles. The molecule has 1 atom stereocenters. The molecular weight excluding hydrogens is 296 g/mol. The number of H-pyrrole nitrogens is 1. The Bertz CT molecular complexity index is 552. The Kier molecular flexibility index (Phi) is 5.32. The van der Waals surface area contributed by atoms with Crippen molar-refractivity contribution >= 4 is 15.9 Å². The van der Waals surface area contributed by atoms with Crippen molar-refractivity contribution in [3.8, 4) is 0 Å². The molecule has 2 rings (SSSR count). The van der Waals surface area contributed by atoms with E-state index in [9.17, 15) is 13.2 Å². The summed E-state index contributed by atoms with van der Waals surface area (Å²) in [7, 11) is -3.39. The fourth-order valence-electron chi connectivity index (χ4n) is 2.07. The zero-order valence-electron chi connectivity index (χ0n) is 11.9. The van der Waals surface area contributed by atoms with Gasteiger partial charge in [-0.05, 0) is 6.92 Å². The first kappa shape index (κ1) is 15.9. The number of hydrogen-bond acceptors (Lipinski definition) is 5. The molecule has 1 unspecified atom stereocenters. The number of aromatic amines is 1. The van der Waals surface area contributed by atoms with Crippen molar-refractivity contribution in [2.45, 2.75) is 19.4 Å². The summed E-state index contributed by atoms with van der Waals surface area (Å²) in [6.45, 7) is 3.34. The zero-order valence-corrected chi connectivity index (χ0v) is 12.7. The van der Waals surface area contributed by atoms with Crippen molar-refractivity contribution in [1.29, 1.82) is 0 Å². The normalized spacial score (nSPS) is 18.3. The van der Waals surface area contributed by atoms with E-state index in [0.29, 0.717) is 26.3 Å². The predicted molar refractivity (Wildman–Crippen MR) is 75.9 cm³/mol. The van der Waals surface area contributed by atoms with E-state index in [1.807, 2.05) is 6.92 Å². The highest BCUT2D eigenvalue weighted by molar-refractivity contribution is 7.89. The van der Waals surface area contributed by atoms with E-state index < -0.39 is 10.0 Å². The third-order valence-electron chi connectivity index (χ3n) is 3.35. The van der Waals surface area contributed by atoms with Gasteiger partial charge in [0.1, 0.15) is 0 Å². The van der Waals surface area contributed by atoms with E-state index in [1.54, 1.807) is 12.4 Å². The fraction of sp³-hybridized carbons (Fsp3) is 0.667. The van der Waals surface area contributed by atoms with Crippen LogP contribution in [-0.4, -0.2) is 60.9 Å². The molecular formula is C12H20N4O4S. The lowest BCUT2D eigenvalue weighted by Gasteiger charge is -2.26. The summed E-state index contributed by atoms with van der Waals surface area (Å²) in [5, 5.41) is 9.22. The highest BCUT2D eigenvalue weighted by atomic mass is 32.2. The highest BCUT2D eigenvalue weighted by Crippen LogP contribution is 2.10. The molecule has 0 aliphatic carbocycles. The second-order valence-electron chi connectivity index (χ2n) is 4.90. The molecule has 8 nitrogen and oxygen atoms in total. The highest BCUT2D eigenvalue weighted by Gasteiger charge is 2.25. The van der Waals surface area contributed by atoms with Gasteiger partial charge < -0.3 is 10.1 Å². The maximum absolute atomic E-state index is 12.1. The predicted octanol–water partition coefficient (Wildman–Crippen LogP) is -0.361. The van der Waals surface area contributed by atoms with Crippen LogP contribution in [0, 0.1) is 0 Å². The van der Waals surface area contributed by atoms with E-state index in [-0.39, 0.29) is 24.1 Å². The van der Waals surface area contributed by atoms with Gasteiger partial charge in [0.05, 0.1) is 31.2 Å². The lowest BCUT2D eigenvalue weighted by Crippen LogP contribution is -2.42. The molecule has 1 aliphatic rings. The number of ether oxygens (including phenoxy) is 1. The molecule has 9 heteroatoms. The standard InChI is InChI=1S/C12H20N4O4S/c1-10(11-8-13-14-9-11)15-12(17)2-7-21(18,19)16-3-5-20-6-4-16/h8-10H,2-7H2,1H3,(H,13,14)(H,15,17). The number of aromatic nitrogens is 2. The van der Waals surface area contributed by atoms with Crippen LogP contribution in [0.4, 0.5) is 0 Å². The van der Waals surface area contributed by atoms with Crippen LogP contribution in [0.2, 0.25) is 0 Å². The van der Waals surface area contributed by atoms with E-state index in [2.05, 4.69) is 15.5 Å². The summed E-state index contributed by atoms with van der Waals surface area (Å²) in [5.41, 5.74) is 0.847. The molecule has 1 aromatic rings. The van der Waals surface area contributed by atoms with E-state index >= 15 is 0 Å². The summed E-state index contributed by atoms with van der Waals surface area (Å²) in [6.07, 6.45) is 3.26. The summed E-state index contributed by atoms with van der Waals surface area (Å²) < 4.78 is 30.7. The number of rotatable bonds is 6. The van der Waals surface area contributed by atoms with Gasteiger partial charge in [-0.2, -0.15) is 9.40 Å². The molecule has 0 radical (unpaired) electrons. The second-order valence-corrected chi connectivity index (χ2v) is 6.99. The SMILES string of the molecule is CC(NC(=O)CCS(=O)(=O)N1CCOCC1)c1cn[nH]c1. The van der Waals surface area contributed by atoms with Gasteiger partial charge in [0.15, 0.2) is 0 Å². The van der Waals surface area contributed by atoms with Crippen LogP contribution >= 0.6 is 0 Å². The third-order valence-corrected chi connectivity index (χ3v) is 5.22. The Balaban J connectivity index is 1.80. The Morgan fingerprint density at radius 2 is 2.24 bits per heavy atom. The Hall–Kier alpha value is -1.45. The molecule has 1 fully saturated rings. The summed E-state index contributed by atoms with van der Waals surface area (Å²) >= 11 is 0. The van der Waals surface area contributed by atoms with Crippen LogP contribution in [0.25, 0.3) is 0 Å². The molecule has 0 aromatic carbocycles. The summed E-state index contributed by atoms with van der Waals surface area (Å²) in [4.78, 5) is 11.8. The Labute approximate surface area is 123 Å². The largest absolute Gasteiger partial charge is 0.379 e. The molecule has 0 spiro atoms. The maximum Gasteiger partial charge on any atom is 0.221 e. The number of morpholine rings is 1. The molecule has 0 bridgehead atoms. The zero-order chi connectivity index (χ0) is 15.3. The van der Waals surface area contributed by atoms with Gasteiger partial charge in [0.2, 0.25) is 15.9 Å². The van der Waals surface area contributed by atoms with Crippen LogP contribution in [0.15, 0.2) is 12.4 Å². The van der Waals surface area contributed by atoms with Crippen molar-refractivity contribution in [1.82, 2.24) is 19.8 Å². The van der Waals surface area contributed by atoms with Gasteiger partial charge in [-0.15, -0.1) is 0 Å². The lowest BCUT2D eigenvalue weighted by molar-refractivity contribution is -0.121. The average molecular weight is 316 g/mol. The molecule has 1 aromatic heterocycles. The van der Waals surface area contributed by atoms with Gasteiger partial charge in [-0.1, -0.05) is 0 Å². The quantitative estimate of drug-likeness (QED) is 0.746. The number of carbonyl (C=O) groups excluding carboxylic acids is 1. The molecule has 118 valence electrons. The van der Waals surface area contributed by atoms with Crippen molar-refractivity contribution in [2.24, 2.45) is 0 Å². The second kappa shape index (κ2) is 7.01. The van der Waals surface area contributed by atoms with Crippen LogP contribution in [0.3, 0.4) is 0 Å². The van der Waals surface area contributed by atoms with Crippen LogP contribution in [0.1, 0.15) is 24.9 Å². The van der Waals surface area contributed by atoms with Gasteiger partial charge in [-0.3, -0.25) is 9.89 Å². The number of nitrogens with one attached hydrogen (secondary N) is 2. The smallest absolute Gasteiger partial charge is 0.221 e. The topological polar surface area (TPSA) is 104 Å². The lowest BCUT2D eigenvalue weighted by atomic mass is 10.2. The van der Waals surface area contributed by atoms with E-state index in [4.69, 9.17) is 4.74 Å². The number of nitrogens with zero attached hydrogens (tertiary/aromatic N) is 2. The first-order valence-electron chi connectivity index (χ1n) is 6.82. The monoisotopic (exact) mass is 316 g/mol. The molecule has 1 amide bonds.